The van der Waals surface area contributed by atoms with Crippen LogP contribution in [0.25, 0.3) is 11.0 Å². The first-order valence-electron chi connectivity index (χ1n) is 12.0. The van der Waals surface area contributed by atoms with Gasteiger partial charge in [-0.3, -0.25) is 9.59 Å². The van der Waals surface area contributed by atoms with Crippen LogP contribution in [-0.2, 0) is 17.8 Å². The van der Waals surface area contributed by atoms with Crippen molar-refractivity contribution in [1.82, 2.24) is 9.47 Å². The van der Waals surface area contributed by atoms with Crippen molar-refractivity contribution in [3.8, 4) is 5.75 Å². The lowest BCUT2D eigenvalue weighted by molar-refractivity contribution is -0.133. The minimum atomic E-state index is -0.492. The topological polar surface area (TPSA) is 81.8 Å². The predicted molar refractivity (Wildman–Crippen MR) is 134 cm³/mol. The maximum Gasteiger partial charge on any atom is 0.340 e. The lowest BCUT2D eigenvalue weighted by Gasteiger charge is -2.42. The van der Waals surface area contributed by atoms with Crippen LogP contribution in [0.4, 0.5) is 0 Å². The van der Waals surface area contributed by atoms with Crippen molar-refractivity contribution >= 4 is 16.9 Å². The number of aromatic nitrogens is 1. The van der Waals surface area contributed by atoms with Crippen LogP contribution in [0, 0.1) is 19.8 Å². The number of rotatable bonds is 5. The van der Waals surface area contributed by atoms with Gasteiger partial charge in [0.25, 0.3) is 5.56 Å². The minimum absolute atomic E-state index is 0.0151. The summed E-state index contributed by atoms with van der Waals surface area (Å²) in [4.78, 5) is 40.5. The summed E-state index contributed by atoms with van der Waals surface area (Å²) in [5.74, 6) is 0.870. The van der Waals surface area contributed by atoms with Gasteiger partial charge in [-0.05, 0) is 68.0 Å². The zero-order valence-corrected chi connectivity index (χ0v) is 20.4. The maximum absolute atomic E-state index is 13.4. The average Bonchev–Trinajstić information content (AvgIpc) is 2.80. The molecule has 1 fully saturated rings. The number of benzene rings is 1. The van der Waals surface area contributed by atoms with Crippen LogP contribution in [0.5, 0.6) is 5.75 Å². The average molecular weight is 475 g/mol. The van der Waals surface area contributed by atoms with Crippen molar-refractivity contribution in [3.05, 3.63) is 85.6 Å². The molecule has 0 saturated carbocycles. The Bertz CT molecular complexity index is 1460. The van der Waals surface area contributed by atoms with Crippen molar-refractivity contribution in [1.29, 1.82) is 0 Å². The van der Waals surface area contributed by atoms with Crippen molar-refractivity contribution in [2.24, 2.45) is 5.92 Å². The summed E-state index contributed by atoms with van der Waals surface area (Å²) >= 11 is 0. The second-order valence-corrected chi connectivity index (χ2v) is 10.0. The molecule has 2 atom stereocenters. The molecule has 1 aromatic carbocycles. The molecule has 4 heterocycles. The van der Waals surface area contributed by atoms with E-state index in [2.05, 4.69) is 6.58 Å². The number of pyridine rings is 1. The fourth-order valence-corrected chi connectivity index (χ4v) is 5.52. The molecule has 0 aliphatic carbocycles. The lowest BCUT2D eigenvalue weighted by atomic mass is 9.83. The van der Waals surface area contributed by atoms with Crippen LogP contribution in [0.2, 0.25) is 0 Å². The quantitative estimate of drug-likeness (QED) is 0.416. The van der Waals surface area contributed by atoms with E-state index < -0.39 is 5.63 Å². The minimum Gasteiger partial charge on any atom is -0.488 e. The molecular formula is C28H30N2O5. The predicted octanol–water partition coefficient (Wildman–Crippen LogP) is 3.71. The van der Waals surface area contributed by atoms with Gasteiger partial charge in [-0.15, -0.1) is 0 Å². The Labute approximate surface area is 203 Å². The highest BCUT2D eigenvalue weighted by Gasteiger charge is 2.36. The monoisotopic (exact) mass is 474 g/mol. The smallest absolute Gasteiger partial charge is 0.340 e. The third-order valence-electron chi connectivity index (χ3n) is 7.12. The highest BCUT2D eigenvalue weighted by molar-refractivity contribution is 5.89. The second kappa shape index (κ2) is 8.87. The summed E-state index contributed by atoms with van der Waals surface area (Å²) in [7, 11) is 0. The highest BCUT2D eigenvalue weighted by Crippen LogP contribution is 2.36. The van der Waals surface area contributed by atoms with Gasteiger partial charge >= 0.3 is 5.63 Å². The van der Waals surface area contributed by atoms with Crippen molar-refractivity contribution in [2.45, 2.75) is 46.1 Å². The maximum atomic E-state index is 13.4. The molecule has 3 aromatic rings. The molecule has 2 aliphatic heterocycles. The Morgan fingerprint density at radius 2 is 1.97 bits per heavy atom. The van der Waals surface area contributed by atoms with Gasteiger partial charge in [0.1, 0.15) is 17.9 Å². The summed E-state index contributed by atoms with van der Waals surface area (Å²) < 4.78 is 13.5. The number of piperidine rings is 1. The number of ether oxygens (including phenoxy) is 1. The number of amides is 1. The van der Waals surface area contributed by atoms with Gasteiger partial charge in [-0.2, -0.15) is 0 Å². The molecule has 0 spiro atoms. The van der Waals surface area contributed by atoms with Crippen LogP contribution < -0.4 is 15.9 Å². The highest BCUT2D eigenvalue weighted by atomic mass is 16.5. The second-order valence-electron chi connectivity index (χ2n) is 10.0. The number of likely N-dealkylation sites (tertiary alicyclic amines) is 1. The SMILES string of the molecule is C=C(C)COc1cc(C)cc2oc(=O)c(CC(=O)N3CC4CC(C3)c3cccc(=O)n3C4)c(C)c12. The van der Waals surface area contributed by atoms with Gasteiger partial charge in [0, 0.05) is 37.3 Å². The molecule has 182 valence electrons. The fourth-order valence-electron chi connectivity index (χ4n) is 5.52. The number of carbonyl (C=O) groups excluding carboxylic acids is 1. The summed E-state index contributed by atoms with van der Waals surface area (Å²) in [5.41, 5.74) is 3.83. The number of aryl methyl sites for hydroxylation is 2. The Balaban J connectivity index is 1.45. The van der Waals surface area contributed by atoms with E-state index in [0.717, 1.165) is 23.3 Å². The standard InChI is InChI=1S/C28H30N2O5/c1-16(2)15-34-23-8-17(3)9-24-27(23)18(4)21(28(33)35-24)11-26(32)29-12-19-10-20(14-29)22-6-5-7-25(31)30(22)13-19/h5-9,19-20H,1,10-15H2,2-4H3. The van der Waals surface area contributed by atoms with Crippen LogP contribution in [0.3, 0.4) is 0 Å². The van der Waals surface area contributed by atoms with Gasteiger partial charge in [-0.25, -0.2) is 4.79 Å². The van der Waals surface area contributed by atoms with Crippen LogP contribution >= 0.6 is 0 Å². The van der Waals surface area contributed by atoms with Crippen molar-refractivity contribution < 1.29 is 13.9 Å². The van der Waals surface area contributed by atoms with Gasteiger partial charge in [-0.1, -0.05) is 12.6 Å². The Morgan fingerprint density at radius 1 is 1.17 bits per heavy atom. The third kappa shape index (κ3) is 4.31. The van der Waals surface area contributed by atoms with Crippen LogP contribution in [0.1, 0.15) is 41.6 Å². The first-order chi connectivity index (χ1) is 16.7. The Kier molecular flexibility index (Phi) is 5.87. The zero-order chi connectivity index (χ0) is 24.9. The van der Waals surface area contributed by atoms with E-state index in [1.54, 1.807) is 12.1 Å². The van der Waals surface area contributed by atoms with E-state index in [-0.39, 0.29) is 29.7 Å². The van der Waals surface area contributed by atoms with Gasteiger partial charge < -0.3 is 18.6 Å². The summed E-state index contributed by atoms with van der Waals surface area (Å²) in [6, 6.07) is 9.08. The van der Waals surface area contributed by atoms with E-state index in [1.807, 2.05) is 48.4 Å². The number of hydrogen-bond donors (Lipinski definition) is 0. The van der Waals surface area contributed by atoms with E-state index >= 15 is 0 Å². The third-order valence-corrected chi connectivity index (χ3v) is 7.12. The van der Waals surface area contributed by atoms with E-state index in [4.69, 9.17) is 9.15 Å². The van der Waals surface area contributed by atoms with E-state index in [9.17, 15) is 14.4 Å². The van der Waals surface area contributed by atoms with Crippen LogP contribution in [-0.4, -0.2) is 35.1 Å². The van der Waals surface area contributed by atoms with Gasteiger partial charge in [0.2, 0.25) is 5.91 Å². The lowest BCUT2D eigenvalue weighted by Crippen LogP contribution is -2.49. The normalized spacial score (nSPS) is 18.9. The van der Waals surface area contributed by atoms with Gasteiger partial charge in [0.05, 0.1) is 17.4 Å². The first kappa shape index (κ1) is 23.1. The molecule has 7 nitrogen and oxygen atoms in total. The molecule has 0 radical (unpaired) electrons. The molecule has 2 bridgehead atoms. The number of fused-ring (bicyclic) bond motifs is 5. The molecule has 7 heteroatoms. The summed E-state index contributed by atoms with van der Waals surface area (Å²) in [6.45, 7) is 11.6. The number of hydrogen-bond acceptors (Lipinski definition) is 5. The van der Waals surface area contributed by atoms with Crippen molar-refractivity contribution in [3.63, 3.8) is 0 Å². The first-order valence-corrected chi connectivity index (χ1v) is 12.0. The Hall–Kier alpha value is -3.61. The number of carbonyl (C=O) groups is 1. The molecule has 1 amide bonds. The molecule has 2 aromatic heterocycles. The van der Waals surface area contributed by atoms with Crippen molar-refractivity contribution in [2.75, 3.05) is 19.7 Å². The van der Waals surface area contributed by atoms with E-state index in [0.29, 0.717) is 54.1 Å². The molecule has 2 unspecified atom stereocenters. The molecule has 35 heavy (non-hydrogen) atoms. The molecule has 1 saturated heterocycles. The largest absolute Gasteiger partial charge is 0.488 e. The Morgan fingerprint density at radius 3 is 2.74 bits per heavy atom. The van der Waals surface area contributed by atoms with Crippen LogP contribution in [0.15, 0.2) is 56.5 Å². The summed E-state index contributed by atoms with van der Waals surface area (Å²) in [5, 5.41) is 0.711. The molecule has 2 aliphatic rings. The van der Waals surface area contributed by atoms with Gasteiger partial charge in [0.15, 0.2) is 0 Å². The zero-order valence-electron chi connectivity index (χ0n) is 20.4. The van der Waals surface area contributed by atoms with E-state index in [1.165, 1.54) is 0 Å². The summed E-state index contributed by atoms with van der Waals surface area (Å²) in [6.07, 6.45) is 0.937. The molecular weight excluding hydrogens is 444 g/mol. The molecule has 5 rings (SSSR count). The molecule has 0 N–H and O–H groups in total. The number of nitrogens with zero attached hydrogens (tertiary/aromatic N) is 2. The fraction of sp³-hybridized carbons (Fsp3) is 0.393.